The Morgan fingerprint density at radius 3 is 2.43 bits per heavy atom. The van der Waals surface area contributed by atoms with Gasteiger partial charge in [-0.25, -0.2) is 4.98 Å². The molecule has 154 valence electrons. The number of benzene rings is 3. The minimum absolute atomic E-state index is 0.177. The molecule has 0 amide bonds. The van der Waals surface area contributed by atoms with Crippen LogP contribution in [0.4, 0.5) is 18.9 Å². The standard InChI is InChI=1S/C20H13ClF3N3O2S/c21-14-5-3-4-13(10-14)19-25-17-9-8-12(11-18(17)26-19)15-6-1-2-7-16(15)27-30(28,29)20(22,23)24/h1-11,27H,(H,25,26). The van der Waals surface area contributed by atoms with Crippen molar-refractivity contribution in [2.24, 2.45) is 0 Å². The molecule has 0 spiro atoms. The van der Waals surface area contributed by atoms with Crippen LogP contribution < -0.4 is 4.72 Å². The molecule has 4 aromatic rings. The van der Waals surface area contributed by atoms with Gasteiger partial charge in [-0.15, -0.1) is 0 Å². The molecule has 0 aliphatic carbocycles. The Balaban J connectivity index is 1.76. The van der Waals surface area contributed by atoms with Gasteiger partial charge in [0.1, 0.15) is 5.82 Å². The second-order valence-corrected chi connectivity index (χ2v) is 8.53. The molecule has 10 heteroatoms. The highest BCUT2D eigenvalue weighted by Gasteiger charge is 2.46. The molecule has 0 fully saturated rings. The number of hydrogen-bond acceptors (Lipinski definition) is 3. The van der Waals surface area contributed by atoms with Crippen LogP contribution in [-0.4, -0.2) is 23.9 Å². The van der Waals surface area contributed by atoms with E-state index in [0.717, 1.165) is 5.56 Å². The van der Waals surface area contributed by atoms with Crippen LogP contribution in [0.2, 0.25) is 5.02 Å². The lowest BCUT2D eigenvalue weighted by Crippen LogP contribution is -2.30. The van der Waals surface area contributed by atoms with E-state index in [0.29, 0.717) is 33.0 Å². The monoisotopic (exact) mass is 451 g/mol. The Hall–Kier alpha value is -3.04. The number of aromatic nitrogens is 2. The first-order chi connectivity index (χ1) is 14.1. The molecule has 2 N–H and O–H groups in total. The third-order valence-electron chi connectivity index (χ3n) is 4.37. The van der Waals surface area contributed by atoms with E-state index in [9.17, 15) is 21.6 Å². The average Bonchev–Trinajstić information content (AvgIpc) is 3.10. The first-order valence-corrected chi connectivity index (χ1v) is 10.4. The second-order valence-electron chi connectivity index (χ2n) is 6.42. The van der Waals surface area contributed by atoms with Crippen molar-refractivity contribution in [2.45, 2.75) is 5.51 Å². The van der Waals surface area contributed by atoms with Crippen LogP contribution in [0.1, 0.15) is 0 Å². The van der Waals surface area contributed by atoms with Gasteiger partial charge >= 0.3 is 15.5 Å². The number of nitrogens with zero attached hydrogens (tertiary/aromatic N) is 1. The highest BCUT2D eigenvalue weighted by Crippen LogP contribution is 2.34. The zero-order valence-corrected chi connectivity index (χ0v) is 16.6. The molecule has 0 atom stereocenters. The Bertz CT molecular complexity index is 1350. The first-order valence-electron chi connectivity index (χ1n) is 8.58. The average molecular weight is 452 g/mol. The molecular formula is C20H13ClF3N3O2S. The van der Waals surface area contributed by atoms with E-state index in [1.807, 2.05) is 6.07 Å². The molecule has 0 saturated carbocycles. The van der Waals surface area contributed by atoms with E-state index >= 15 is 0 Å². The molecule has 0 aliphatic heterocycles. The van der Waals surface area contributed by atoms with Crippen LogP contribution in [0.3, 0.4) is 0 Å². The molecule has 3 aromatic carbocycles. The normalized spacial score (nSPS) is 12.3. The third-order valence-corrected chi connectivity index (χ3v) is 5.70. The van der Waals surface area contributed by atoms with Crippen molar-refractivity contribution < 1.29 is 21.6 Å². The van der Waals surface area contributed by atoms with E-state index in [1.54, 1.807) is 47.2 Å². The van der Waals surface area contributed by atoms with E-state index in [1.165, 1.54) is 18.2 Å². The Kier molecular flexibility index (Phi) is 4.95. The third kappa shape index (κ3) is 3.86. The van der Waals surface area contributed by atoms with Crippen LogP contribution in [-0.2, 0) is 10.0 Å². The summed E-state index contributed by atoms with van der Waals surface area (Å²) in [6.07, 6.45) is 0. The maximum absolute atomic E-state index is 12.8. The number of sulfonamides is 1. The van der Waals surface area contributed by atoms with Gasteiger partial charge in [0.2, 0.25) is 0 Å². The fraction of sp³-hybridized carbons (Fsp3) is 0.0500. The highest BCUT2D eigenvalue weighted by molar-refractivity contribution is 7.93. The van der Waals surface area contributed by atoms with Crippen LogP contribution in [0.25, 0.3) is 33.5 Å². The van der Waals surface area contributed by atoms with Gasteiger partial charge in [0.25, 0.3) is 0 Å². The summed E-state index contributed by atoms with van der Waals surface area (Å²) in [6.45, 7) is 0. The summed E-state index contributed by atoms with van der Waals surface area (Å²) in [5.74, 6) is 0.579. The molecule has 1 heterocycles. The summed E-state index contributed by atoms with van der Waals surface area (Å²) in [7, 11) is -5.54. The molecule has 1 aromatic heterocycles. The number of imidazole rings is 1. The number of halogens is 4. The predicted octanol–water partition coefficient (Wildman–Crippen LogP) is 5.81. The van der Waals surface area contributed by atoms with Crippen LogP contribution in [0.5, 0.6) is 0 Å². The lowest BCUT2D eigenvalue weighted by molar-refractivity contribution is -0.0429. The zero-order valence-electron chi connectivity index (χ0n) is 15.0. The van der Waals surface area contributed by atoms with Crippen molar-refractivity contribution in [3.05, 3.63) is 71.8 Å². The molecule has 4 rings (SSSR count). The number of anilines is 1. The summed E-state index contributed by atoms with van der Waals surface area (Å²) < 4.78 is 63.0. The molecule has 30 heavy (non-hydrogen) atoms. The van der Waals surface area contributed by atoms with Crippen molar-refractivity contribution in [3.63, 3.8) is 0 Å². The minimum atomic E-state index is -5.54. The smallest absolute Gasteiger partial charge is 0.338 e. The molecule has 0 aliphatic rings. The number of hydrogen-bond donors (Lipinski definition) is 2. The number of aromatic amines is 1. The van der Waals surface area contributed by atoms with E-state index in [2.05, 4.69) is 9.97 Å². The molecule has 0 radical (unpaired) electrons. The Morgan fingerprint density at radius 2 is 1.70 bits per heavy atom. The summed E-state index contributed by atoms with van der Waals surface area (Å²) >= 11 is 6.02. The number of alkyl halides is 3. The van der Waals surface area contributed by atoms with Crippen molar-refractivity contribution in [2.75, 3.05) is 4.72 Å². The molecule has 0 saturated heterocycles. The number of rotatable bonds is 4. The van der Waals surface area contributed by atoms with Crippen LogP contribution in [0, 0.1) is 0 Å². The van der Waals surface area contributed by atoms with Crippen molar-refractivity contribution in [1.82, 2.24) is 9.97 Å². The lowest BCUT2D eigenvalue weighted by atomic mass is 10.0. The van der Waals surface area contributed by atoms with Crippen LogP contribution >= 0.6 is 11.6 Å². The summed E-state index contributed by atoms with van der Waals surface area (Å²) in [5.41, 5.74) is -2.73. The van der Waals surface area contributed by atoms with Gasteiger partial charge in [0.15, 0.2) is 0 Å². The van der Waals surface area contributed by atoms with Gasteiger partial charge in [-0.2, -0.15) is 21.6 Å². The molecule has 0 bridgehead atoms. The molecule has 0 unspecified atom stereocenters. The van der Waals surface area contributed by atoms with E-state index in [-0.39, 0.29) is 5.69 Å². The quantitative estimate of drug-likeness (QED) is 0.411. The fourth-order valence-electron chi connectivity index (χ4n) is 2.98. The van der Waals surface area contributed by atoms with Crippen molar-refractivity contribution >= 4 is 38.3 Å². The maximum Gasteiger partial charge on any atom is 0.516 e. The summed E-state index contributed by atoms with van der Waals surface area (Å²) in [5, 5.41) is 0.555. The topological polar surface area (TPSA) is 74.8 Å². The van der Waals surface area contributed by atoms with E-state index < -0.39 is 15.5 Å². The number of nitrogens with one attached hydrogen (secondary N) is 2. The number of para-hydroxylation sites is 1. The molecule has 5 nitrogen and oxygen atoms in total. The lowest BCUT2D eigenvalue weighted by Gasteiger charge is -2.14. The highest BCUT2D eigenvalue weighted by atomic mass is 35.5. The van der Waals surface area contributed by atoms with Crippen molar-refractivity contribution in [3.8, 4) is 22.5 Å². The number of H-pyrrole nitrogens is 1. The van der Waals surface area contributed by atoms with Gasteiger partial charge in [-0.1, -0.05) is 48.0 Å². The van der Waals surface area contributed by atoms with Gasteiger partial charge in [-0.3, -0.25) is 4.72 Å². The zero-order chi connectivity index (χ0) is 21.5. The van der Waals surface area contributed by atoms with Gasteiger partial charge in [0.05, 0.1) is 16.7 Å². The minimum Gasteiger partial charge on any atom is -0.338 e. The largest absolute Gasteiger partial charge is 0.516 e. The number of fused-ring (bicyclic) bond motifs is 1. The maximum atomic E-state index is 12.8. The SMILES string of the molecule is O=S(=O)(Nc1ccccc1-c1ccc2nc(-c3cccc(Cl)c3)[nH]c2c1)C(F)(F)F. The van der Waals surface area contributed by atoms with E-state index in [4.69, 9.17) is 11.6 Å². The second kappa shape index (κ2) is 7.33. The first kappa shape index (κ1) is 20.2. The van der Waals surface area contributed by atoms with Crippen molar-refractivity contribution in [1.29, 1.82) is 0 Å². The Morgan fingerprint density at radius 1 is 0.933 bits per heavy atom. The van der Waals surface area contributed by atoms with Gasteiger partial charge < -0.3 is 4.98 Å². The summed E-state index contributed by atoms with van der Waals surface area (Å²) in [6, 6.07) is 18.0. The Labute approximate surface area is 174 Å². The van der Waals surface area contributed by atoms with Gasteiger partial charge in [-0.05, 0) is 35.9 Å². The van der Waals surface area contributed by atoms with Crippen LogP contribution in [0.15, 0.2) is 66.7 Å². The summed E-state index contributed by atoms with van der Waals surface area (Å²) in [4.78, 5) is 7.65. The predicted molar refractivity (Wildman–Crippen MR) is 111 cm³/mol. The fourth-order valence-corrected chi connectivity index (χ4v) is 3.75. The van der Waals surface area contributed by atoms with Gasteiger partial charge in [0, 0.05) is 16.1 Å². The molecular weight excluding hydrogens is 439 g/mol.